The SMILES string of the molecule is CC(CC(=O)NCC(O)COc1ccc(F)c(F)c1)C1CCCNC1.Cl. The number of aliphatic hydroxyl groups is 1. The number of rotatable bonds is 8. The molecule has 2 rings (SSSR count). The minimum atomic E-state index is -1.01. The molecule has 0 bridgehead atoms. The van der Waals surface area contributed by atoms with Gasteiger partial charge in [0.15, 0.2) is 11.6 Å². The van der Waals surface area contributed by atoms with Gasteiger partial charge >= 0.3 is 0 Å². The summed E-state index contributed by atoms with van der Waals surface area (Å²) in [5, 5.41) is 15.9. The number of benzene rings is 1. The molecule has 0 spiro atoms. The van der Waals surface area contributed by atoms with Crippen LogP contribution in [0.1, 0.15) is 26.2 Å². The standard InChI is InChI=1S/C18H26F2N2O3.ClH/c1-12(13-3-2-6-21-9-13)7-18(24)22-10-14(23)11-25-15-4-5-16(19)17(20)8-15;/h4-5,8,12-14,21,23H,2-3,6-7,9-11H2,1H3,(H,22,24);1H. The normalized spacial score (nSPS) is 19.2. The number of carbonyl (C=O) groups is 1. The van der Waals surface area contributed by atoms with E-state index in [1.54, 1.807) is 0 Å². The molecule has 3 atom stereocenters. The second kappa shape index (κ2) is 11.3. The largest absolute Gasteiger partial charge is 0.491 e. The highest BCUT2D eigenvalue weighted by Crippen LogP contribution is 2.22. The molecule has 1 aliphatic rings. The molecule has 3 N–H and O–H groups in total. The average molecular weight is 393 g/mol. The first-order valence-electron chi connectivity index (χ1n) is 8.69. The summed E-state index contributed by atoms with van der Waals surface area (Å²) in [5.74, 6) is -1.16. The van der Waals surface area contributed by atoms with E-state index < -0.39 is 17.7 Å². The molecule has 8 heteroatoms. The molecule has 1 amide bonds. The number of hydrogen-bond acceptors (Lipinski definition) is 4. The van der Waals surface area contributed by atoms with Crippen molar-refractivity contribution < 1.29 is 23.4 Å². The van der Waals surface area contributed by atoms with Gasteiger partial charge in [-0.25, -0.2) is 8.78 Å². The van der Waals surface area contributed by atoms with Crippen LogP contribution in [0, 0.1) is 23.5 Å². The van der Waals surface area contributed by atoms with Crippen LogP contribution in [0.25, 0.3) is 0 Å². The summed E-state index contributed by atoms with van der Waals surface area (Å²) in [6.45, 7) is 3.99. The van der Waals surface area contributed by atoms with Crippen LogP contribution in [0.3, 0.4) is 0 Å². The Bertz CT molecular complexity index is 571. The lowest BCUT2D eigenvalue weighted by Gasteiger charge is -2.28. The fourth-order valence-corrected chi connectivity index (χ4v) is 2.95. The Labute approximate surface area is 158 Å². The predicted octanol–water partition coefficient (Wildman–Crippen LogP) is 2.27. The molecule has 0 aliphatic carbocycles. The number of amides is 1. The van der Waals surface area contributed by atoms with E-state index in [2.05, 4.69) is 17.6 Å². The van der Waals surface area contributed by atoms with E-state index in [1.165, 1.54) is 6.07 Å². The van der Waals surface area contributed by atoms with Gasteiger partial charge in [0.25, 0.3) is 0 Å². The zero-order valence-electron chi connectivity index (χ0n) is 14.8. The lowest BCUT2D eigenvalue weighted by Crippen LogP contribution is -2.38. The zero-order chi connectivity index (χ0) is 18.2. The van der Waals surface area contributed by atoms with Crippen LogP contribution in [0.4, 0.5) is 8.78 Å². The maximum atomic E-state index is 13.1. The van der Waals surface area contributed by atoms with Crippen molar-refractivity contribution in [3.05, 3.63) is 29.8 Å². The van der Waals surface area contributed by atoms with Gasteiger partial charge < -0.3 is 20.5 Å². The summed E-state index contributed by atoms with van der Waals surface area (Å²) in [5.41, 5.74) is 0. The Morgan fingerprint density at radius 3 is 2.85 bits per heavy atom. The van der Waals surface area contributed by atoms with Crippen molar-refractivity contribution >= 4 is 18.3 Å². The maximum Gasteiger partial charge on any atom is 0.220 e. The lowest BCUT2D eigenvalue weighted by atomic mass is 9.85. The fraction of sp³-hybridized carbons (Fsp3) is 0.611. The van der Waals surface area contributed by atoms with Gasteiger partial charge in [0.2, 0.25) is 5.91 Å². The summed E-state index contributed by atoms with van der Waals surface area (Å²) >= 11 is 0. The number of nitrogens with one attached hydrogen (secondary N) is 2. The highest BCUT2D eigenvalue weighted by atomic mass is 35.5. The van der Waals surface area contributed by atoms with E-state index in [0.29, 0.717) is 12.3 Å². The molecule has 5 nitrogen and oxygen atoms in total. The highest BCUT2D eigenvalue weighted by molar-refractivity contribution is 5.85. The first-order valence-corrected chi connectivity index (χ1v) is 8.69. The molecule has 1 aromatic rings. The second-order valence-electron chi connectivity index (χ2n) is 6.63. The molecule has 0 saturated carbocycles. The minimum absolute atomic E-state index is 0. The van der Waals surface area contributed by atoms with Crippen molar-refractivity contribution in [2.24, 2.45) is 11.8 Å². The van der Waals surface area contributed by atoms with Crippen LogP contribution in [0.2, 0.25) is 0 Å². The van der Waals surface area contributed by atoms with Crippen LogP contribution in [0.5, 0.6) is 5.75 Å². The van der Waals surface area contributed by atoms with Crippen molar-refractivity contribution in [2.75, 3.05) is 26.2 Å². The number of hydrogen-bond donors (Lipinski definition) is 3. The first-order chi connectivity index (χ1) is 12.0. The third kappa shape index (κ3) is 7.43. The Morgan fingerprint density at radius 1 is 1.42 bits per heavy atom. The van der Waals surface area contributed by atoms with Gasteiger partial charge in [-0.3, -0.25) is 4.79 Å². The van der Waals surface area contributed by atoms with Crippen molar-refractivity contribution in [2.45, 2.75) is 32.3 Å². The summed E-state index contributed by atoms with van der Waals surface area (Å²) in [7, 11) is 0. The van der Waals surface area contributed by atoms with Gasteiger partial charge in [0, 0.05) is 19.0 Å². The number of halogens is 3. The van der Waals surface area contributed by atoms with Crippen LogP contribution >= 0.6 is 12.4 Å². The van der Waals surface area contributed by atoms with Gasteiger partial charge in [-0.2, -0.15) is 0 Å². The van der Waals surface area contributed by atoms with Crippen LogP contribution in [-0.2, 0) is 4.79 Å². The monoisotopic (exact) mass is 392 g/mol. The predicted molar refractivity (Wildman–Crippen MR) is 97.5 cm³/mol. The molecule has 0 aromatic heterocycles. The van der Waals surface area contributed by atoms with E-state index in [-0.39, 0.29) is 43.1 Å². The average Bonchev–Trinajstić information content (AvgIpc) is 2.61. The third-order valence-electron chi connectivity index (χ3n) is 4.52. The Morgan fingerprint density at radius 2 is 2.19 bits per heavy atom. The maximum absolute atomic E-state index is 13.1. The summed E-state index contributed by atoms with van der Waals surface area (Å²) in [4.78, 5) is 12.0. The minimum Gasteiger partial charge on any atom is -0.491 e. The van der Waals surface area contributed by atoms with E-state index in [4.69, 9.17) is 4.74 Å². The number of ether oxygens (including phenoxy) is 1. The molecular formula is C18H27ClF2N2O3. The van der Waals surface area contributed by atoms with Gasteiger partial charge in [-0.1, -0.05) is 6.92 Å². The summed E-state index contributed by atoms with van der Waals surface area (Å²) < 4.78 is 31.1. The molecule has 1 heterocycles. The molecule has 26 heavy (non-hydrogen) atoms. The van der Waals surface area contributed by atoms with Crippen LogP contribution < -0.4 is 15.4 Å². The molecular weight excluding hydrogens is 366 g/mol. The third-order valence-corrected chi connectivity index (χ3v) is 4.52. The quantitative estimate of drug-likeness (QED) is 0.634. The van der Waals surface area contributed by atoms with Gasteiger partial charge in [0.1, 0.15) is 18.5 Å². The van der Waals surface area contributed by atoms with Crippen molar-refractivity contribution in [3.8, 4) is 5.75 Å². The Balaban J connectivity index is 0.00000338. The van der Waals surface area contributed by atoms with Crippen molar-refractivity contribution in [1.29, 1.82) is 0 Å². The Hall–Kier alpha value is -1.44. The molecule has 0 radical (unpaired) electrons. The molecule has 1 saturated heterocycles. The molecule has 148 valence electrons. The van der Waals surface area contributed by atoms with E-state index in [1.807, 2.05) is 0 Å². The zero-order valence-corrected chi connectivity index (χ0v) is 15.7. The van der Waals surface area contributed by atoms with Crippen LogP contribution in [0.15, 0.2) is 18.2 Å². The second-order valence-corrected chi connectivity index (χ2v) is 6.63. The number of carbonyl (C=O) groups excluding carboxylic acids is 1. The highest BCUT2D eigenvalue weighted by Gasteiger charge is 2.22. The van der Waals surface area contributed by atoms with E-state index >= 15 is 0 Å². The summed E-state index contributed by atoms with van der Waals surface area (Å²) in [6, 6.07) is 3.16. The fourth-order valence-electron chi connectivity index (χ4n) is 2.95. The van der Waals surface area contributed by atoms with Crippen molar-refractivity contribution in [3.63, 3.8) is 0 Å². The summed E-state index contributed by atoms with van der Waals surface area (Å²) in [6.07, 6.45) is 1.76. The number of piperidine rings is 1. The molecule has 3 unspecified atom stereocenters. The number of aliphatic hydroxyl groups excluding tert-OH is 1. The van der Waals surface area contributed by atoms with Crippen LogP contribution in [-0.4, -0.2) is 43.4 Å². The first kappa shape index (κ1) is 22.6. The lowest BCUT2D eigenvalue weighted by molar-refractivity contribution is -0.122. The van der Waals surface area contributed by atoms with E-state index in [0.717, 1.165) is 38.1 Å². The van der Waals surface area contributed by atoms with Gasteiger partial charge in [-0.05, 0) is 49.9 Å². The smallest absolute Gasteiger partial charge is 0.220 e. The van der Waals surface area contributed by atoms with Gasteiger partial charge in [0.05, 0.1) is 0 Å². The van der Waals surface area contributed by atoms with E-state index in [9.17, 15) is 18.7 Å². The van der Waals surface area contributed by atoms with Gasteiger partial charge in [-0.15, -0.1) is 12.4 Å². The van der Waals surface area contributed by atoms with Crippen molar-refractivity contribution in [1.82, 2.24) is 10.6 Å². The molecule has 1 aliphatic heterocycles. The molecule has 1 aromatic carbocycles. The topological polar surface area (TPSA) is 70.6 Å². The molecule has 1 fully saturated rings. The Kier molecular flexibility index (Phi) is 9.83.